The van der Waals surface area contributed by atoms with Crippen LogP contribution in [0.15, 0.2) is 0 Å². The maximum Gasteiger partial charge on any atom is 0.0105 e. The fourth-order valence-corrected chi connectivity index (χ4v) is 2.98. The molecule has 0 spiro atoms. The van der Waals surface area contributed by atoms with Gasteiger partial charge in [-0.1, -0.05) is 34.6 Å². The summed E-state index contributed by atoms with van der Waals surface area (Å²) >= 11 is 0. The lowest BCUT2D eigenvalue weighted by atomic mass is 9.85. The molecule has 0 radical (unpaired) electrons. The van der Waals surface area contributed by atoms with Gasteiger partial charge in [-0.15, -0.1) is 0 Å². The molecule has 0 aromatic rings. The van der Waals surface area contributed by atoms with Gasteiger partial charge in [0.05, 0.1) is 0 Å². The van der Waals surface area contributed by atoms with Gasteiger partial charge in [0, 0.05) is 6.04 Å². The Morgan fingerprint density at radius 1 is 1.00 bits per heavy atom. The van der Waals surface area contributed by atoms with E-state index in [0.717, 1.165) is 24.9 Å². The van der Waals surface area contributed by atoms with Crippen molar-refractivity contribution in [2.24, 2.45) is 17.3 Å². The minimum absolute atomic E-state index is 0.549. The first kappa shape index (κ1) is 17.0. The standard InChI is InChI=1S/C17H36N2/c1-14(2)12-18-13-15(3)16(4)19-10-7-8-17(5,6)9-11-19/h14-16,18H,7-13H2,1-6H3. The van der Waals surface area contributed by atoms with Gasteiger partial charge in [-0.05, 0) is 69.6 Å². The second-order valence-corrected chi connectivity index (χ2v) is 7.82. The second-order valence-electron chi connectivity index (χ2n) is 7.82. The molecule has 0 aromatic carbocycles. The van der Waals surface area contributed by atoms with Crippen molar-refractivity contribution >= 4 is 0 Å². The van der Waals surface area contributed by atoms with Crippen LogP contribution < -0.4 is 5.32 Å². The van der Waals surface area contributed by atoms with Crippen molar-refractivity contribution in [2.75, 3.05) is 26.2 Å². The Morgan fingerprint density at radius 3 is 2.32 bits per heavy atom. The van der Waals surface area contributed by atoms with Gasteiger partial charge in [0.1, 0.15) is 0 Å². The zero-order chi connectivity index (χ0) is 14.5. The van der Waals surface area contributed by atoms with Crippen molar-refractivity contribution in [3.8, 4) is 0 Å². The van der Waals surface area contributed by atoms with E-state index in [4.69, 9.17) is 0 Å². The molecule has 2 unspecified atom stereocenters. The molecule has 0 aliphatic carbocycles. The van der Waals surface area contributed by atoms with Gasteiger partial charge in [-0.2, -0.15) is 0 Å². The summed E-state index contributed by atoms with van der Waals surface area (Å²) in [7, 11) is 0. The Kier molecular flexibility index (Phi) is 6.82. The topological polar surface area (TPSA) is 15.3 Å². The Bertz CT molecular complexity index is 248. The first-order valence-electron chi connectivity index (χ1n) is 8.26. The third-order valence-electron chi connectivity index (χ3n) is 4.79. The van der Waals surface area contributed by atoms with E-state index in [1.54, 1.807) is 0 Å². The van der Waals surface area contributed by atoms with Crippen molar-refractivity contribution in [1.29, 1.82) is 0 Å². The Labute approximate surface area is 121 Å². The van der Waals surface area contributed by atoms with E-state index in [9.17, 15) is 0 Å². The van der Waals surface area contributed by atoms with Gasteiger partial charge in [-0.3, -0.25) is 0 Å². The lowest BCUT2D eigenvalue weighted by Gasteiger charge is -2.33. The Morgan fingerprint density at radius 2 is 1.68 bits per heavy atom. The van der Waals surface area contributed by atoms with Crippen LogP contribution in [0.4, 0.5) is 0 Å². The fraction of sp³-hybridized carbons (Fsp3) is 1.00. The van der Waals surface area contributed by atoms with Crippen molar-refractivity contribution in [2.45, 2.75) is 66.8 Å². The molecule has 1 N–H and O–H groups in total. The van der Waals surface area contributed by atoms with E-state index in [1.165, 1.54) is 32.4 Å². The molecule has 0 amide bonds. The molecular weight excluding hydrogens is 232 g/mol. The number of nitrogens with one attached hydrogen (secondary N) is 1. The molecular formula is C17H36N2. The van der Waals surface area contributed by atoms with Crippen LogP contribution >= 0.6 is 0 Å². The monoisotopic (exact) mass is 268 g/mol. The zero-order valence-corrected chi connectivity index (χ0v) is 14.1. The van der Waals surface area contributed by atoms with Crippen molar-refractivity contribution in [3.05, 3.63) is 0 Å². The predicted molar refractivity (Wildman–Crippen MR) is 85.5 cm³/mol. The molecule has 2 nitrogen and oxygen atoms in total. The van der Waals surface area contributed by atoms with E-state index in [-0.39, 0.29) is 0 Å². The molecule has 1 aliphatic heterocycles. The van der Waals surface area contributed by atoms with E-state index in [2.05, 4.69) is 51.8 Å². The molecule has 1 heterocycles. The average molecular weight is 268 g/mol. The number of rotatable bonds is 6. The van der Waals surface area contributed by atoms with Crippen molar-refractivity contribution in [1.82, 2.24) is 10.2 Å². The first-order valence-corrected chi connectivity index (χ1v) is 8.26. The highest BCUT2D eigenvalue weighted by molar-refractivity contribution is 4.81. The molecule has 1 fully saturated rings. The summed E-state index contributed by atoms with van der Waals surface area (Å²) in [5.41, 5.74) is 0.549. The highest BCUT2D eigenvalue weighted by Crippen LogP contribution is 2.31. The molecule has 0 saturated carbocycles. The smallest absolute Gasteiger partial charge is 0.0105 e. The fourth-order valence-electron chi connectivity index (χ4n) is 2.98. The van der Waals surface area contributed by atoms with Crippen LogP contribution in [0.2, 0.25) is 0 Å². The molecule has 2 heteroatoms. The van der Waals surface area contributed by atoms with E-state index >= 15 is 0 Å². The van der Waals surface area contributed by atoms with E-state index in [0.29, 0.717) is 11.5 Å². The highest BCUT2D eigenvalue weighted by atomic mass is 15.2. The van der Waals surface area contributed by atoms with Gasteiger partial charge >= 0.3 is 0 Å². The van der Waals surface area contributed by atoms with Crippen LogP contribution in [0, 0.1) is 17.3 Å². The predicted octanol–water partition coefficient (Wildman–Crippen LogP) is 3.77. The van der Waals surface area contributed by atoms with Crippen LogP contribution in [-0.2, 0) is 0 Å². The van der Waals surface area contributed by atoms with Crippen LogP contribution in [0.25, 0.3) is 0 Å². The normalized spacial score (nSPS) is 24.2. The summed E-state index contributed by atoms with van der Waals surface area (Å²) in [4.78, 5) is 2.72. The SMILES string of the molecule is CC(C)CNCC(C)C(C)N1CCCC(C)(C)CC1. The summed E-state index contributed by atoms with van der Waals surface area (Å²) in [6.45, 7) is 19.1. The molecule has 1 rings (SSSR count). The third-order valence-corrected chi connectivity index (χ3v) is 4.79. The summed E-state index contributed by atoms with van der Waals surface area (Å²) in [5, 5.41) is 3.61. The van der Waals surface area contributed by atoms with Crippen LogP contribution in [0.5, 0.6) is 0 Å². The molecule has 2 atom stereocenters. The average Bonchev–Trinajstić information content (AvgIpc) is 2.48. The van der Waals surface area contributed by atoms with Gasteiger partial charge in [-0.25, -0.2) is 0 Å². The van der Waals surface area contributed by atoms with Crippen LogP contribution in [-0.4, -0.2) is 37.1 Å². The zero-order valence-electron chi connectivity index (χ0n) is 14.1. The largest absolute Gasteiger partial charge is 0.316 e. The minimum atomic E-state index is 0.549. The van der Waals surface area contributed by atoms with Crippen molar-refractivity contribution in [3.63, 3.8) is 0 Å². The van der Waals surface area contributed by atoms with Gasteiger partial charge in [0.2, 0.25) is 0 Å². The molecule has 19 heavy (non-hydrogen) atoms. The van der Waals surface area contributed by atoms with Crippen molar-refractivity contribution < 1.29 is 0 Å². The summed E-state index contributed by atoms with van der Waals surface area (Å²) in [5.74, 6) is 1.49. The quantitative estimate of drug-likeness (QED) is 0.789. The third kappa shape index (κ3) is 6.27. The maximum absolute atomic E-state index is 3.61. The molecule has 1 saturated heterocycles. The summed E-state index contributed by atoms with van der Waals surface area (Å²) in [6, 6.07) is 0.702. The Balaban J connectivity index is 2.36. The Hall–Kier alpha value is -0.0800. The lowest BCUT2D eigenvalue weighted by Crippen LogP contribution is -2.42. The second kappa shape index (κ2) is 7.64. The number of hydrogen-bond acceptors (Lipinski definition) is 2. The van der Waals surface area contributed by atoms with E-state index < -0.39 is 0 Å². The molecule has 0 bridgehead atoms. The minimum Gasteiger partial charge on any atom is -0.316 e. The van der Waals surface area contributed by atoms with Crippen LogP contribution in [0.3, 0.4) is 0 Å². The van der Waals surface area contributed by atoms with Crippen LogP contribution in [0.1, 0.15) is 60.8 Å². The molecule has 114 valence electrons. The molecule has 1 aliphatic rings. The maximum atomic E-state index is 3.61. The van der Waals surface area contributed by atoms with Gasteiger partial charge < -0.3 is 10.2 Å². The van der Waals surface area contributed by atoms with Gasteiger partial charge in [0.25, 0.3) is 0 Å². The number of likely N-dealkylation sites (tertiary alicyclic amines) is 1. The highest BCUT2D eigenvalue weighted by Gasteiger charge is 2.27. The summed E-state index contributed by atoms with van der Waals surface area (Å²) in [6.07, 6.45) is 4.10. The summed E-state index contributed by atoms with van der Waals surface area (Å²) < 4.78 is 0. The molecule has 0 aromatic heterocycles. The van der Waals surface area contributed by atoms with E-state index in [1.807, 2.05) is 0 Å². The number of hydrogen-bond donors (Lipinski definition) is 1. The lowest BCUT2D eigenvalue weighted by molar-refractivity contribution is 0.159. The first-order chi connectivity index (χ1) is 8.82. The van der Waals surface area contributed by atoms with Gasteiger partial charge in [0.15, 0.2) is 0 Å². The number of nitrogens with zero attached hydrogens (tertiary/aromatic N) is 1.